The monoisotopic (exact) mass is 816 g/mol. The zero-order valence-electron chi connectivity index (χ0n) is 15.5. The van der Waals surface area contributed by atoms with Crippen molar-refractivity contribution >= 4 is 119 Å². The van der Waals surface area contributed by atoms with Crippen molar-refractivity contribution in [3.05, 3.63) is 75.4 Å². The highest BCUT2D eigenvalue weighted by atomic mass is 79.9. The number of carbonyl (C=O) groups is 2. The Morgan fingerprint density at radius 2 is 0.969 bits per heavy atom. The Morgan fingerprint density at radius 3 is 1.34 bits per heavy atom. The van der Waals surface area contributed by atoms with E-state index in [4.69, 9.17) is 9.47 Å². The van der Waals surface area contributed by atoms with Crippen LogP contribution in [0, 0.1) is 0 Å². The van der Waals surface area contributed by atoms with Gasteiger partial charge in [-0.3, -0.25) is 10.6 Å². The molecule has 0 saturated carbocycles. The first kappa shape index (κ1) is 25.7. The van der Waals surface area contributed by atoms with Crippen LogP contribution in [0.25, 0.3) is 0 Å². The van der Waals surface area contributed by atoms with E-state index >= 15 is 0 Å². The van der Waals surface area contributed by atoms with Gasteiger partial charge in [0.2, 0.25) is 0 Å². The van der Waals surface area contributed by atoms with Gasteiger partial charge in [-0.05, 0) is 112 Å². The summed E-state index contributed by atoms with van der Waals surface area (Å²) in [5.74, 6) is 0.696. The maximum Gasteiger partial charge on any atom is 0.417 e. The first-order valence-corrected chi connectivity index (χ1v) is 13.2. The maximum atomic E-state index is 12.4. The third-order valence-electron chi connectivity index (χ3n) is 3.72. The molecule has 0 fully saturated rings. The highest BCUT2D eigenvalue weighted by Crippen LogP contribution is 2.35. The van der Waals surface area contributed by atoms with E-state index in [1.807, 2.05) is 0 Å². The van der Waals surface area contributed by atoms with Crippen molar-refractivity contribution in [2.24, 2.45) is 0 Å². The second-order valence-corrected chi connectivity index (χ2v) is 11.2. The van der Waals surface area contributed by atoms with E-state index < -0.39 is 12.2 Å². The number of ether oxygens (including phenoxy) is 2. The molecule has 0 spiro atoms. The molecule has 0 aliphatic carbocycles. The van der Waals surface area contributed by atoms with Crippen LogP contribution in [0.5, 0.6) is 11.5 Å². The van der Waals surface area contributed by atoms with Gasteiger partial charge in [-0.25, -0.2) is 9.59 Å². The molecule has 0 atom stereocenters. The van der Waals surface area contributed by atoms with Gasteiger partial charge in [0.15, 0.2) is 0 Å². The Hall–Kier alpha value is -0.920. The quantitative estimate of drug-likeness (QED) is 0.275. The number of anilines is 2. The van der Waals surface area contributed by atoms with E-state index in [2.05, 4.69) is 106 Å². The summed E-state index contributed by atoms with van der Waals surface area (Å²) < 4.78 is 14.7. The van der Waals surface area contributed by atoms with Gasteiger partial charge in [-0.2, -0.15) is 0 Å². The van der Waals surface area contributed by atoms with E-state index in [1.54, 1.807) is 48.5 Å². The molecule has 2 amide bonds. The van der Waals surface area contributed by atoms with E-state index in [-0.39, 0.29) is 0 Å². The third-order valence-corrected chi connectivity index (χ3v) is 7.26. The Morgan fingerprint density at radius 1 is 0.562 bits per heavy atom. The lowest BCUT2D eigenvalue weighted by atomic mass is 10.3. The van der Waals surface area contributed by atoms with Crippen LogP contribution in [-0.4, -0.2) is 12.2 Å². The minimum atomic E-state index is -0.705. The SMILES string of the molecule is O=C(Nc1cc(NC(=O)Oc2ccc(Br)cc2Br)c(Br)cc1Br)Oc1ccc(Br)cc1Br. The third kappa shape index (κ3) is 7.04. The molecule has 0 bridgehead atoms. The molecule has 166 valence electrons. The summed E-state index contributed by atoms with van der Waals surface area (Å²) in [7, 11) is 0. The van der Waals surface area contributed by atoms with Crippen LogP contribution in [0.1, 0.15) is 0 Å². The van der Waals surface area contributed by atoms with Gasteiger partial charge < -0.3 is 9.47 Å². The van der Waals surface area contributed by atoms with Crippen molar-refractivity contribution in [3.63, 3.8) is 0 Å². The summed E-state index contributed by atoms with van der Waals surface area (Å²) in [4.78, 5) is 24.8. The summed E-state index contributed by atoms with van der Waals surface area (Å²) in [6.07, 6.45) is -1.41. The van der Waals surface area contributed by atoms with Gasteiger partial charge in [0.1, 0.15) is 11.5 Å². The Labute approximate surface area is 233 Å². The molecule has 3 rings (SSSR count). The molecule has 0 unspecified atom stereocenters. The van der Waals surface area contributed by atoms with Crippen molar-refractivity contribution in [2.75, 3.05) is 10.6 Å². The van der Waals surface area contributed by atoms with Crippen LogP contribution in [0.2, 0.25) is 0 Å². The van der Waals surface area contributed by atoms with Gasteiger partial charge in [-0.15, -0.1) is 0 Å². The lowest BCUT2D eigenvalue weighted by molar-refractivity contribution is 0.214. The van der Waals surface area contributed by atoms with Crippen molar-refractivity contribution in [2.45, 2.75) is 0 Å². The van der Waals surface area contributed by atoms with Crippen LogP contribution < -0.4 is 20.1 Å². The van der Waals surface area contributed by atoms with E-state index in [0.717, 1.165) is 8.95 Å². The molecule has 6 nitrogen and oxygen atoms in total. The average molecular weight is 822 g/mol. The number of halogens is 6. The fraction of sp³-hybridized carbons (Fsp3) is 0. The smallest absolute Gasteiger partial charge is 0.409 e. The first-order valence-electron chi connectivity index (χ1n) is 8.49. The molecular weight excluding hydrogens is 812 g/mol. The van der Waals surface area contributed by atoms with Crippen LogP contribution >= 0.6 is 95.6 Å². The Bertz CT molecular complexity index is 1120. The van der Waals surface area contributed by atoms with E-state index in [0.29, 0.717) is 40.8 Å². The molecule has 2 N–H and O–H groups in total. The number of benzene rings is 3. The molecular formula is C20H10Br6N2O4. The fourth-order valence-corrected chi connectivity index (χ4v) is 5.78. The van der Waals surface area contributed by atoms with E-state index in [1.165, 1.54) is 0 Å². The minimum absolute atomic E-state index is 0.348. The lowest BCUT2D eigenvalue weighted by Gasteiger charge is -2.14. The second kappa shape index (κ2) is 11.5. The topological polar surface area (TPSA) is 76.7 Å². The van der Waals surface area contributed by atoms with Crippen molar-refractivity contribution < 1.29 is 19.1 Å². The Kier molecular flexibility index (Phi) is 9.22. The number of nitrogens with one attached hydrogen (secondary N) is 2. The molecule has 32 heavy (non-hydrogen) atoms. The largest absolute Gasteiger partial charge is 0.417 e. The summed E-state index contributed by atoms with van der Waals surface area (Å²) in [5.41, 5.74) is 0.762. The highest BCUT2D eigenvalue weighted by molar-refractivity contribution is 9.11. The standard InChI is InChI=1S/C20H10Br6N2O4/c21-9-1-3-17(13(25)5-9)31-19(29)27-15-8-16(12(24)7-11(15)23)28-20(30)32-18-4-2-10(22)6-14(18)26/h1-8H,(H,27,29)(H,28,30). The Balaban J connectivity index is 1.72. The predicted molar refractivity (Wildman–Crippen MR) is 145 cm³/mol. The molecule has 3 aromatic rings. The fourth-order valence-electron chi connectivity index (χ4n) is 2.33. The molecule has 3 aromatic carbocycles. The number of rotatable bonds is 4. The highest BCUT2D eigenvalue weighted by Gasteiger charge is 2.15. The molecule has 12 heteroatoms. The van der Waals surface area contributed by atoms with Crippen LogP contribution in [0.3, 0.4) is 0 Å². The van der Waals surface area contributed by atoms with Crippen LogP contribution in [0.15, 0.2) is 75.4 Å². The lowest BCUT2D eigenvalue weighted by Crippen LogP contribution is -2.19. The summed E-state index contributed by atoms with van der Waals surface area (Å²) in [6, 6.07) is 13.5. The molecule has 0 radical (unpaired) electrons. The number of hydrogen-bond donors (Lipinski definition) is 2. The van der Waals surface area contributed by atoms with Crippen LogP contribution in [0.4, 0.5) is 21.0 Å². The molecule has 0 saturated heterocycles. The van der Waals surface area contributed by atoms with Gasteiger partial charge in [0, 0.05) is 17.9 Å². The van der Waals surface area contributed by atoms with Crippen molar-refractivity contribution in [1.82, 2.24) is 0 Å². The van der Waals surface area contributed by atoms with Crippen molar-refractivity contribution in [3.8, 4) is 11.5 Å². The summed E-state index contributed by atoms with van der Waals surface area (Å²) in [5, 5.41) is 5.28. The zero-order chi connectivity index (χ0) is 23.4. The predicted octanol–water partition coefficient (Wildman–Crippen LogP) is 9.48. The number of carbonyl (C=O) groups excluding carboxylic acids is 2. The number of hydrogen-bond acceptors (Lipinski definition) is 4. The zero-order valence-corrected chi connectivity index (χ0v) is 25.0. The molecule has 0 aromatic heterocycles. The normalized spacial score (nSPS) is 10.4. The van der Waals surface area contributed by atoms with Crippen LogP contribution in [-0.2, 0) is 0 Å². The summed E-state index contributed by atoms with van der Waals surface area (Å²) in [6.45, 7) is 0. The maximum absolute atomic E-state index is 12.4. The molecule has 0 heterocycles. The average Bonchev–Trinajstić information content (AvgIpc) is 2.70. The van der Waals surface area contributed by atoms with E-state index in [9.17, 15) is 9.59 Å². The van der Waals surface area contributed by atoms with Crippen molar-refractivity contribution in [1.29, 1.82) is 0 Å². The molecule has 0 aliphatic heterocycles. The minimum Gasteiger partial charge on any atom is -0.409 e. The molecule has 0 aliphatic rings. The van der Waals surface area contributed by atoms with Gasteiger partial charge in [0.25, 0.3) is 0 Å². The first-order chi connectivity index (χ1) is 15.1. The van der Waals surface area contributed by atoms with Gasteiger partial charge in [0.05, 0.1) is 20.3 Å². The van der Waals surface area contributed by atoms with Gasteiger partial charge >= 0.3 is 12.2 Å². The summed E-state index contributed by atoms with van der Waals surface area (Å²) >= 11 is 20.1. The second-order valence-electron chi connectivity index (χ2n) is 5.99. The van der Waals surface area contributed by atoms with Gasteiger partial charge in [-0.1, -0.05) is 31.9 Å². The number of amides is 2.